The zero-order chi connectivity index (χ0) is 16.8. The fraction of sp³-hybridized carbons (Fsp3) is 0.286. The van der Waals surface area contributed by atoms with E-state index in [1.807, 2.05) is 30.3 Å². The Bertz CT molecular complexity index is 782. The molecule has 0 N–H and O–H groups in total. The number of aromatic nitrogens is 1. The van der Waals surface area contributed by atoms with Crippen LogP contribution in [0.15, 0.2) is 60.7 Å². The van der Waals surface area contributed by atoms with Crippen LogP contribution < -0.4 is 4.74 Å². The van der Waals surface area contributed by atoms with E-state index in [0.29, 0.717) is 6.61 Å². The second-order valence-corrected chi connectivity index (χ2v) is 5.79. The topological polar surface area (TPSA) is 25.4 Å². The molecular weight excluding hydrogens is 296 g/mol. The molecule has 0 fully saturated rings. The summed E-state index contributed by atoms with van der Waals surface area (Å²) in [5.41, 5.74) is 3.09. The molecule has 0 bridgehead atoms. The first-order valence-electron chi connectivity index (χ1n) is 8.61. The quantitative estimate of drug-likeness (QED) is 0.635. The molecule has 0 amide bonds. The summed E-state index contributed by atoms with van der Waals surface area (Å²) in [5.74, 6) is 0.882. The van der Waals surface area contributed by atoms with Crippen molar-refractivity contribution in [2.45, 2.75) is 13.8 Å². The van der Waals surface area contributed by atoms with Crippen LogP contribution in [0.25, 0.3) is 22.2 Å². The molecule has 3 heteroatoms. The molecule has 0 saturated carbocycles. The van der Waals surface area contributed by atoms with E-state index < -0.39 is 0 Å². The van der Waals surface area contributed by atoms with Crippen molar-refractivity contribution in [2.24, 2.45) is 0 Å². The normalized spacial score (nSPS) is 11.1. The molecule has 3 aromatic rings. The Morgan fingerprint density at radius 1 is 0.917 bits per heavy atom. The van der Waals surface area contributed by atoms with E-state index in [-0.39, 0.29) is 0 Å². The molecule has 1 aromatic heterocycles. The van der Waals surface area contributed by atoms with Gasteiger partial charge in [-0.05, 0) is 31.3 Å². The maximum absolute atomic E-state index is 5.91. The van der Waals surface area contributed by atoms with Gasteiger partial charge in [-0.2, -0.15) is 0 Å². The Kier molecular flexibility index (Phi) is 5.44. The fourth-order valence-corrected chi connectivity index (χ4v) is 2.79. The number of ether oxygens (including phenoxy) is 1. The third-order valence-corrected chi connectivity index (χ3v) is 4.30. The van der Waals surface area contributed by atoms with Gasteiger partial charge in [0.05, 0.1) is 11.2 Å². The molecule has 1 heterocycles. The van der Waals surface area contributed by atoms with E-state index in [9.17, 15) is 0 Å². The number of fused-ring (bicyclic) bond motifs is 1. The second kappa shape index (κ2) is 7.93. The van der Waals surface area contributed by atoms with Crippen LogP contribution in [-0.4, -0.2) is 36.1 Å². The first-order chi connectivity index (χ1) is 11.8. The number of likely N-dealkylation sites (N-methyl/N-ethyl adjacent to an activating group) is 1. The average molecular weight is 320 g/mol. The van der Waals surface area contributed by atoms with Crippen LogP contribution in [0.3, 0.4) is 0 Å². The minimum atomic E-state index is 0.700. The van der Waals surface area contributed by atoms with Gasteiger partial charge in [0.2, 0.25) is 0 Å². The van der Waals surface area contributed by atoms with E-state index in [0.717, 1.165) is 47.5 Å². The molecule has 0 aliphatic heterocycles. The van der Waals surface area contributed by atoms with Crippen molar-refractivity contribution >= 4 is 10.9 Å². The minimum absolute atomic E-state index is 0.700. The van der Waals surface area contributed by atoms with Crippen LogP contribution in [0, 0.1) is 0 Å². The largest absolute Gasteiger partial charge is 0.492 e. The predicted octanol–water partition coefficient (Wildman–Crippen LogP) is 4.62. The molecule has 24 heavy (non-hydrogen) atoms. The minimum Gasteiger partial charge on any atom is -0.492 e. The van der Waals surface area contributed by atoms with Crippen LogP contribution in [0.1, 0.15) is 13.8 Å². The molecule has 3 rings (SSSR count). The molecule has 0 aliphatic carbocycles. The SMILES string of the molecule is CCN(CC)CCOc1ccc2ccc(-c3ccccc3)nc2c1. The van der Waals surface area contributed by atoms with Gasteiger partial charge in [0.15, 0.2) is 0 Å². The van der Waals surface area contributed by atoms with Crippen molar-refractivity contribution in [1.29, 1.82) is 0 Å². The number of rotatable bonds is 7. The predicted molar refractivity (Wildman–Crippen MR) is 100 cm³/mol. The number of pyridine rings is 1. The lowest BCUT2D eigenvalue weighted by Gasteiger charge is -2.18. The molecule has 0 atom stereocenters. The average Bonchev–Trinajstić information content (AvgIpc) is 2.65. The van der Waals surface area contributed by atoms with Crippen molar-refractivity contribution < 1.29 is 4.74 Å². The van der Waals surface area contributed by atoms with Gasteiger partial charge in [-0.3, -0.25) is 0 Å². The molecule has 0 aliphatic rings. The van der Waals surface area contributed by atoms with Gasteiger partial charge in [0.1, 0.15) is 12.4 Å². The van der Waals surface area contributed by atoms with Crippen molar-refractivity contribution in [2.75, 3.05) is 26.2 Å². The summed E-state index contributed by atoms with van der Waals surface area (Å²) in [5, 5.41) is 1.13. The Hall–Kier alpha value is -2.39. The Balaban J connectivity index is 1.77. The summed E-state index contributed by atoms with van der Waals surface area (Å²) in [6.07, 6.45) is 0. The van der Waals surface area contributed by atoms with Gasteiger partial charge in [-0.25, -0.2) is 4.98 Å². The van der Waals surface area contributed by atoms with Crippen molar-refractivity contribution in [3.05, 3.63) is 60.7 Å². The summed E-state index contributed by atoms with van der Waals surface area (Å²) >= 11 is 0. The molecule has 0 saturated heterocycles. The van der Waals surface area contributed by atoms with Crippen LogP contribution in [0.4, 0.5) is 0 Å². The number of nitrogens with zero attached hydrogens (tertiary/aromatic N) is 2. The third kappa shape index (κ3) is 3.92. The molecule has 0 spiro atoms. The first kappa shape index (κ1) is 16.5. The van der Waals surface area contributed by atoms with E-state index in [4.69, 9.17) is 9.72 Å². The fourth-order valence-electron chi connectivity index (χ4n) is 2.79. The van der Waals surface area contributed by atoms with E-state index >= 15 is 0 Å². The highest BCUT2D eigenvalue weighted by Gasteiger charge is 2.04. The van der Waals surface area contributed by atoms with Gasteiger partial charge in [0, 0.05) is 23.6 Å². The van der Waals surface area contributed by atoms with Crippen molar-refractivity contribution in [3.8, 4) is 17.0 Å². The van der Waals surface area contributed by atoms with Crippen LogP contribution in [-0.2, 0) is 0 Å². The molecule has 2 aromatic carbocycles. The highest BCUT2D eigenvalue weighted by atomic mass is 16.5. The second-order valence-electron chi connectivity index (χ2n) is 5.79. The van der Waals surface area contributed by atoms with Crippen LogP contribution in [0.2, 0.25) is 0 Å². The van der Waals surface area contributed by atoms with E-state index in [2.05, 4.69) is 49.1 Å². The molecule has 124 valence electrons. The Morgan fingerprint density at radius 2 is 1.67 bits per heavy atom. The standard InChI is InChI=1S/C21H24N2O/c1-3-23(4-2)14-15-24-19-12-10-18-11-13-20(22-21(18)16-19)17-8-6-5-7-9-17/h5-13,16H,3-4,14-15H2,1-2H3. The van der Waals surface area contributed by atoms with Gasteiger partial charge in [-0.1, -0.05) is 50.2 Å². The van der Waals surface area contributed by atoms with E-state index in [1.165, 1.54) is 0 Å². The Morgan fingerprint density at radius 3 is 2.42 bits per heavy atom. The smallest absolute Gasteiger partial charge is 0.121 e. The molecule has 0 unspecified atom stereocenters. The maximum atomic E-state index is 5.91. The maximum Gasteiger partial charge on any atom is 0.121 e. The van der Waals surface area contributed by atoms with Gasteiger partial charge in [0.25, 0.3) is 0 Å². The Labute approximate surface area is 143 Å². The van der Waals surface area contributed by atoms with Gasteiger partial charge >= 0.3 is 0 Å². The summed E-state index contributed by atoms with van der Waals surface area (Å²) in [6.45, 7) is 8.11. The first-order valence-corrected chi connectivity index (χ1v) is 8.61. The highest BCUT2D eigenvalue weighted by Crippen LogP contribution is 2.24. The van der Waals surface area contributed by atoms with Crippen LogP contribution >= 0.6 is 0 Å². The zero-order valence-corrected chi connectivity index (χ0v) is 14.4. The van der Waals surface area contributed by atoms with Gasteiger partial charge < -0.3 is 9.64 Å². The summed E-state index contributed by atoms with van der Waals surface area (Å²) in [7, 11) is 0. The number of hydrogen-bond acceptors (Lipinski definition) is 3. The van der Waals surface area contributed by atoms with E-state index in [1.54, 1.807) is 0 Å². The summed E-state index contributed by atoms with van der Waals surface area (Å²) in [4.78, 5) is 7.15. The highest BCUT2D eigenvalue weighted by molar-refractivity contribution is 5.82. The zero-order valence-electron chi connectivity index (χ0n) is 14.4. The molecule has 3 nitrogen and oxygen atoms in total. The third-order valence-electron chi connectivity index (χ3n) is 4.30. The van der Waals surface area contributed by atoms with Crippen molar-refractivity contribution in [1.82, 2.24) is 9.88 Å². The molecule has 0 radical (unpaired) electrons. The lowest BCUT2D eigenvalue weighted by atomic mass is 10.1. The van der Waals surface area contributed by atoms with Gasteiger partial charge in [-0.15, -0.1) is 0 Å². The lowest BCUT2D eigenvalue weighted by molar-refractivity contribution is 0.223. The van der Waals surface area contributed by atoms with Crippen molar-refractivity contribution in [3.63, 3.8) is 0 Å². The summed E-state index contributed by atoms with van der Waals surface area (Å²) < 4.78 is 5.91. The lowest BCUT2D eigenvalue weighted by Crippen LogP contribution is -2.27. The number of benzene rings is 2. The molecular formula is C21H24N2O. The number of hydrogen-bond donors (Lipinski definition) is 0. The summed E-state index contributed by atoms with van der Waals surface area (Å²) in [6, 6.07) is 20.6. The monoisotopic (exact) mass is 320 g/mol. The van der Waals surface area contributed by atoms with Crippen LogP contribution in [0.5, 0.6) is 5.75 Å².